The van der Waals surface area contributed by atoms with E-state index >= 15 is 0 Å². The fourth-order valence-electron chi connectivity index (χ4n) is 3.75. The van der Waals surface area contributed by atoms with Gasteiger partial charge in [0.25, 0.3) is 17.7 Å². The molecule has 156 valence electrons. The van der Waals surface area contributed by atoms with Gasteiger partial charge in [-0.2, -0.15) is 0 Å². The predicted molar refractivity (Wildman–Crippen MR) is 123 cm³/mol. The number of phenolic OH excluding ortho intramolecular Hbond substituents is 1. The molecule has 0 saturated carbocycles. The maximum atomic E-state index is 12.9. The van der Waals surface area contributed by atoms with E-state index in [1.807, 2.05) is 24.3 Å². The van der Waals surface area contributed by atoms with Gasteiger partial charge >= 0.3 is 0 Å². The maximum Gasteiger partial charge on any atom is 0.266 e. The van der Waals surface area contributed by atoms with Gasteiger partial charge < -0.3 is 10.4 Å². The zero-order valence-electron chi connectivity index (χ0n) is 16.5. The minimum Gasteiger partial charge on any atom is -0.507 e. The fraction of sp³-hybridized carbons (Fsp3) is 0. The summed E-state index contributed by atoms with van der Waals surface area (Å²) in [5.74, 6) is -1.61. The van der Waals surface area contributed by atoms with E-state index in [-0.39, 0.29) is 22.4 Å². The Balaban J connectivity index is 1.44. The molecule has 0 fully saturated rings. The number of fused-ring (bicyclic) bond motifs is 2. The second-order valence-electron chi connectivity index (χ2n) is 7.35. The fourth-order valence-corrected chi connectivity index (χ4v) is 3.88. The summed E-state index contributed by atoms with van der Waals surface area (Å²) < 4.78 is 0. The van der Waals surface area contributed by atoms with Crippen molar-refractivity contribution < 1.29 is 19.5 Å². The Morgan fingerprint density at radius 1 is 0.812 bits per heavy atom. The molecule has 0 spiro atoms. The molecule has 7 heteroatoms. The molecule has 0 unspecified atom stereocenters. The van der Waals surface area contributed by atoms with Crippen molar-refractivity contribution in [3.63, 3.8) is 0 Å². The van der Waals surface area contributed by atoms with Gasteiger partial charge in [-0.25, -0.2) is 4.90 Å². The van der Waals surface area contributed by atoms with E-state index in [0.717, 1.165) is 15.7 Å². The number of hydrogen-bond acceptors (Lipinski definition) is 4. The van der Waals surface area contributed by atoms with Crippen molar-refractivity contribution in [2.24, 2.45) is 0 Å². The van der Waals surface area contributed by atoms with Crippen LogP contribution in [0.5, 0.6) is 5.75 Å². The highest BCUT2D eigenvalue weighted by Crippen LogP contribution is 2.31. The van der Waals surface area contributed by atoms with Crippen LogP contribution in [0, 0.1) is 0 Å². The van der Waals surface area contributed by atoms with Crippen molar-refractivity contribution in [3.8, 4) is 5.75 Å². The third kappa shape index (κ3) is 3.27. The molecule has 0 bridgehead atoms. The van der Waals surface area contributed by atoms with Crippen molar-refractivity contribution in [1.29, 1.82) is 0 Å². The van der Waals surface area contributed by atoms with Crippen molar-refractivity contribution in [1.82, 2.24) is 0 Å². The van der Waals surface area contributed by atoms with Crippen LogP contribution in [-0.4, -0.2) is 22.8 Å². The normalized spacial score (nSPS) is 12.8. The number of rotatable bonds is 3. The Labute approximate surface area is 187 Å². The van der Waals surface area contributed by atoms with Crippen molar-refractivity contribution in [3.05, 3.63) is 101 Å². The van der Waals surface area contributed by atoms with Crippen molar-refractivity contribution in [2.45, 2.75) is 0 Å². The van der Waals surface area contributed by atoms with Crippen LogP contribution in [-0.2, 0) is 0 Å². The Hall–Kier alpha value is -4.16. The number of carbonyl (C=O) groups excluding carboxylic acids is 3. The van der Waals surface area contributed by atoms with Gasteiger partial charge in [0.2, 0.25) is 0 Å². The second-order valence-corrected chi connectivity index (χ2v) is 7.79. The van der Waals surface area contributed by atoms with E-state index < -0.39 is 17.7 Å². The Bertz CT molecular complexity index is 1430. The number of nitrogens with zero attached hydrogens (tertiary/aromatic N) is 1. The number of imide groups is 1. The minimum absolute atomic E-state index is 0.106. The minimum atomic E-state index is -0.528. The highest BCUT2D eigenvalue weighted by Gasteiger charge is 2.36. The van der Waals surface area contributed by atoms with E-state index in [2.05, 4.69) is 5.32 Å². The highest BCUT2D eigenvalue weighted by molar-refractivity contribution is 6.35. The molecule has 32 heavy (non-hydrogen) atoms. The molecule has 0 aliphatic carbocycles. The van der Waals surface area contributed by atoms with Crippen LogP contribution in [0.2, 0.25) is 5.02 Å². The van der Waals surface area contributed by atoms with Crippen LogP contribution in [0.3, 0.4) is 0 Å². The molecule has 0 atom stereocenters. The van der Waals surface area contributed by atoms with Crippen molar-refractivity contribution in [2.75, 3.05) is 10.2 Å². The summed E-state index contributed by atoms with van der Waals surface area (Å²) in [6, 6.07) is 21.4. The Kier molecular flexibility index (Phi) is 4.64. The van der Waals surface area contributed by atoms with E-state index in [1.165, 1.54) is 18.2 Å². The van der Waals surface area contributed by atoms with Gasteiger partial charge in [-0.15, -0.1) is 0 Å². The van der Waals surface area contributed by atoms with Gasteiger partial charge in [0.1, 0.15) is 5.75 Å². The van der Waals surface area contributed by atoms with Gasteiger partial charge in [-0.05, 0) is 65.4 Å². The van der Waals surface area contributed by atoms with Crippen LogP contribution >= 0.6 is 11.6 Å². The van der Waals surface area contributed by atoms with Crippen LogP contribution in [0.25, 0.3) is 10.8 Å². The second kappa shape index (κ2) is 7.51. The summed E-state index contributed by atoms with van der Waals surface area (Å²) in [5, 5.41) is 15.1. The number of aromatic hydroxyl groups is 1. The lowest BCUT2D eigenvalue weighted by Gasteiger charge is -2.13. The summed E-state index contributed by atoms with van der Waals surface area (Å²) in [5.41, 5.74) is 1.28. The van der Waals surface area contributed by atoms with Gasteiger partial charge in [-0.1, -0.05) is 35.9 Å². The molecule has 1 aliphatic heterocycles. The zero-order chi connectivity index (χ0) is 22.4. The lowest BCUT2D eigenvalue weighted by Crippen LogP contribution is -2.29. The predicted octanol–water partition coefficient (Wildman–Crippen LogP) is 5.25. The first kappa shape index (κ1) is 19.8. The first-order chi connectivity index (χ1) is 15.4. The van der Waals surface area contributed by atoms with Crippen LogP contribution in [0.1, 0.15) is 31.1 Å². The van der Waals surface area contributed by atoms with Crippen LogP contribution < -0.4 is 10.2 Å². The molecule has 5 rings (SSSR count). The molecule has 0 saturated heterocycles. The molecule has 6 nitrogen and oxygen atoms in total. The van der Waals surface area contributed by atoms with Crippen LogP contribution in [0.15, 0.2) is 78.9 Å². The van der Waals surface area contributed by atoms with E-state index in [1.54, 1.807) is 36.4 Å². The molecule has 1 heterocycles. The smallest absolute Gasteiger partial charge is 0.266 e. The molecule has 4 aromatic rings. The number of benzene rings is 4. The average Bonchev–Trinajstić information content (AvgIpc) is 3.03. The highest BCUT2D eigenvalue weighted by atomic mass is 35.5. The Morgan fingerprint density at radius 3 is 2.19 bits per heavy atom. The quantitative estimate of drug-likeness (QED) is 0.424. The third-order valence-corrected chi connectivity index (χ3v) is 5.59. The number of phenols is 1. The summed E-state index contributed by atoms with van der Waals surface area (Å²) in [7, 11) is 0. The van der Waals surface area contributed by atoms with E-state index in [0.29, 0.717) is 16.4 Å². The Morgan fingerprint density at radius 2 is 1.47 bits per heavy atom. The zero-order valence-corrected chi connectivity index (χ0v) is 17.3. The monoisotopic (exact) mass is 442 g/mol. The van der Waals surface area contributed by atoms with Crippen molar-refractivity contribution >= 4 is 51.5 Å². The van der Waals surface area contributed by atoms with Gasteiger partial charge in [0.15, 0.2) is 0 Å². The van der Waals surface area contributed by atoms with Gasteiger partial charge in [-0.3, -0.25) is 14.4 Å². The first-order valence-electron chi connectivity index (χ1n) is 9.74. The molecular weight excluding hydrogens is 428 g/mol. The summed E-state index contributed by atoms with van der Waals surface area (Å²) >= 11 is 5.90. The molecule has 0 radical (unpaired) electrons. The third-order valence-electron chi connectivity index (χ3n) is 5.34. The number of nitrogens with one attached hydrogen (secondary N) is 1. The maximum absolute atomic E-state index is 12.9. The largest absolute Gasteiger partial charge is 0.507 e. The topological polar surface area (TPSA) is 86.7 Å². The summed E-state index contributed by atoms with van der Waals surface area (Å²) in [6.07, 6.45) is 0. The molecular formula is C25H15ClN2O4. The number of hydrogen-bond donors (Lipinski definition) is 2. The molecule has 0 aromatic heterocycles. The standard InChI is InChI=1S/C25H15ClN2O4/c26-16-5-8-18(9-6-16)28-24(31)19-10-7-17(13-20(19)25(28)32)27-23(30)21-11-14-3-1-2-4-15(14)12-22(21)29/h1-13,29H,(H,27,30). The van der Waals surface area contributed by atoms with Gasteiger partial charge in [0.05, 0.1) is 22.4 Å². The average molecular weight is 443 g/mol. The van der Waals surface area contributed by atoms with E-state index in [9.17, 15) is 19.5 Å². The van der Waals surface area contributed by atoms with Gasteiger partial charge in [0, 0.05) is 10.7 Å². The number of anilines is 2. The first-order valence-corrected chi connectivity index (χ1v) is 10.1. The molecule has 3 amide bonds. The number of carbonyl (C=O) groups is 3. The SMILES string of the molecule is O=C(Nc1ccc2c(c1)C(=O)N(c1ccc(Cl)cc1)C2=O)c1cc2ccccc2cc1O. The number of amides is 3. The van der Waals surface area contributed by atoms with Crippen LogP contribution in [0.4, 0.5) is 11.4 Å². The van der Waals surface area contributed by atoms with E-state index in [4.69, 9.17) is 11.6 Å². The summed E-state index contributed by atoms with van der Waals surface area (Å²) in [4.78, 5) is 39.6. The molecule has 1 aliphatic rings. The number of halogens is 1. The molecule has 4 aromatic carbocycles. The lowest BCUT2D eigenvalue weighted by atomic mass is 10.0. The molecule has 2 N–H and O–H groups in total. The summed E-state index contributed by atoms with van der Waals surface area (Å²) in [6.45, 7) is 0. The lowest BCUT2D eigenvalue weighted by molar-refractivity contribution is 0.0924.